The van der Waals surface area contributed by atoms with Crippen molar-refractivity contribution in [3.05, 3.63) is 88.9 Å². The van der Waals surface area contributed by atoms with Crippen molar-refractivity contribution < 1.29 is 9.47 Å². The number of methoxy groups -OCH3 is 1. The zero-order valence-electron chi connectivity index (χ0n) is 14.5. The van der Waals surface area contributed by atoms with E-state index in [2.05, 4.69) is 10.9 Å². The molecule has 0 saturated heterocycles. The molecular weight excluding hydrogens is 348 g/mol. The van der Waals surface area contributed by atoms with Gasteiger partial charge in [-0.1, -0.05) is 41.9 Å². The Balaban J connectivity index is 1.63. The van der Waals surface area contributed by atoms with Crippen LogP contribution in [0.1, 0.15) is 11.1 Å². The molecule has 0 bridgehead atoms. The van der Waals surface area contributed by atoms with Gasteiger partial charge in [0.1, 0.15) is 18.1 Å². The van der Waals surface area contributed by atoms with Gasteiger partial charge in [0, 0.05) is 22.8 Å². The molecule has 0 atom stereocenters. The number of hydrazine groups is 1. The molecule has 0 saturated carbocycles. The van der Waals surface area contributed by atoms with Crippen molar-refractivity contribution in [2.45, 2.75) is 13.2 Å². The quantitative estimate of drug-likeness (QED) is 0.546. The largest absolute Gasteiger partial charge is 0.497 e. The van der Waals surface area contributed by atoms with Crippen LogP contribution < -0.4 is 20.3 Å². The van der Waals surface area contributed by atoms with Crippen LogP contribution in [0.15, 0.2) is 72.8 Å². The molecule has 0 amide bonds. The highest BCUT2D eigenvalue weighted by Crippen LogP contribution is 2.24. The van der Waals surface area contributed by atoms with Crippen LogP contribution in [0.3, 0.4) is 0 Å². The van der Waals surface area contributed by atoms with Crippen molar-refractivity contribution in [1.29, 1.82) is 0 Å². The van der Waals surface area contributed by atoms with E-state index in [0.717, 1.165) is 28.3 Å². The zero-order chi connectivity index (χ0) is 18.2. The molecule has 0 aromatic heterocycles. The first-order valence-electron chi connectivity index (χ1n) is 8.32. The van der Waals surface area contributed by atoms with E-state index < -0.39 is 0 Å². The summed E-state index contributed by atoms with van der Waals surface area (Å²) in [6, 6.07) is 23.4. The number of hydrogen-bond acceptors (Lipinski definition) is 4. The summed E-state index contributed by atoms with van der Waals surface area (Å²) in [5, 5.41) is 0.676. The number of benzene rings is 3. The maximum Gasteiger partial charge on any atom is 0.124 e. The van der Waals surface area contributed by atoms with Gasteiger partial charge in [0.2, 0.25) is 0 Å². The standard InChI is InChI=1S/C21H21ClN2O2/c1-25-20-9-5-6-16(12-20)15-26-21-11-10-18(22)13-17(21)14-23-24-19-7-3-2-4-8-19/h2-13,23-24H,14-15H2,1H3. The number of nitrogens with one attached hydrogen (secondary N) is 2. The molecule has 0 aliphatic carbocycles. The third-order valence-electron chi connectivity index (χ3n) is 3.84. The summed E-state index contributed by atoms with van der Waals surface area (Å²) in [7, 11) is 1.66. The van der Waals surface area contributed by atoms with Gasteiger partial charge >= 0.3 is 0 Å². The van der Waals surface area contributed by atoms with Crippen LogP contribution in [-0.4, -0.2) is 7.11 Å². The summed E-state index contributed by atoms with van der Waals surface area (Å²) in [5.74, 6) is 1.61. The molecule has 0 radical (unpaired) electrons. The summed E-state index contributed by atoms with van der Waals surface area (Å²) >= 11 is 6.15. The lowest BCUT2D eigenvalue weighted by molar-refractivity contribution is 0.301. The van der Waals surface area contributed by atoms with E-state index in [1.807, 2.05) is 72.8 Å². The summed E-state index contributed by atoms with van der Waals surface area (Å²) < 4.78 is 11.2. The second kappa shape index (κ2) is 9.13. The van der Waals surface area contributed by atoms with E-state index in [4.69, 9.17) is 21.1 Å². The van der Waals surface area contributed by atoms with Crippen LogP contribution in [0.25, 0.3) is 0 Å². The smallest absolute Gasteiger partial charge is 0.124 e. The van der Waals surface area contributed by atoms with E-state index >= 15 is 0 Å². The average molecular weight is 369 g/mol. The minimum Gasteiger partial charge on any atom is -0.497 e. The molecule has 0 unspecified atom stereocenters. The monoisotopic (exact) mass is 368 g/mol. The molecule has 0 heterocycles. The van der Waals surface area contributed by atoms with Gasteiger partial charge < -0.3 is 14.9 Å². The fourth-order valence-corrected chi connectivity index (χ4v) is 2.71. The minimum atomic E-state index is 0.456. The van der Waals surface area contributed by atoms with Gasteiger partial charge in [0.15, 0.2) is 0 Å². The fraction of sp³-hybridized carbons (Fsp3) is 0.143. The Morgan fingerprint density at radius 2 is 1.77 bits per heavy atom. The molecule has 134 valence electrons. The number of ether oxygens (including phenoxy) is 2. The van der Waals surface area contributed by atoms with E-state index in [1.165, 1.54) is 0 Å². The van der Waals surface area contributed by atoms with Gasteiger partial charge in [-0.2, -0.15) is 0 Å². The van der Waals surface area contributed by atoms with Crippen molar-refractivity contribution in [3.8, 4) is 11.5 Å². The van der Waals surface area contributed by atoms with E-state index in [1.54, 1.807) is 7.11 Å². The maximum atomic E-state index is 6.15. The second-order valence-corrected chi connectivity index (χ2v) is 6.17. The van der Waals surface area contributed by atoms with E-state index in [0.29, 0.717) is 18.2 Å². The third kappa shape index (κ3) is 5.15. The predicted molar refractivity (Wildman–Crippen MR) is 106 cm³/mol. The highest BCUT2D eigenvalue weighted by Gasteiger charge is 2.06. The van der Waals surface area contributed by atoms with Crippen LogP contribution in [-0.2, 0) is 13.2 Å². The van der Waals surface area contributed by atoms with Crippen molar-refractivity contribution >= 4 is 17.3 Å². The molecule has 3 rings (SSSR count). The van der Waals surface area contributed by atoms with Crippen LogP contribution >= 0.6 is 11.6 Å². The van der Waals surface area contributed by atoms with Crippen molar-refractivity contribution in [3.63, 3.8) is 0 Å². The number of hydrogen-bond donors (Lipinski definition) is 2. The highest BCUT2D eigenvalue weighted by molar-refractivity contribution is 6.30. The summed E-state index contributed by atoms with van der Waals surface area (Å²) in [4.78, 5) is 0. The van der Waals surface area contributed by atoms with Gasteiger partial charge in [-0.05, 0) is 48.0 Å². The van der Waals surface area contributed by atoms with E-state index in [9.17, 15) is 0 Å². The third-order valence-corrected chi connectivity index (χ3v) is 4.07. The Morgan fingerprint density at radius 1 is 0.923 bits per heavy atom. The molecule has 4 nitrogen and oxygen atoms in total. The Bertz CT molecular complexity index is 840. The first kappa shape index (κ1) is 18.1. The van der Waals surface area contributed by atoms with Crippen molar-refractivity contribution in [2.75, 3.05) is 12.5 Å². The molecular formula is C21H21ClN2O2. The van der Waals surface area contributed by atoms with Gasteiger partial charge in [-0.25, -0.2) is 5.43 Å². The van der Waals surface area contributed by atoms with Gasteiger partial charge in [0.25, 0.3) is 0 Å². The first-order valence-corrected chi connectivity index (χ1v) is 8.70. The molecule has 0 fully saturated rings. The topological polar surface area (TPSA) is 42.5 Å². The van der Waals surface area contributed by atoms with Crippen molar-refractivity contribution in [1.82, 2.24) is 5.43 Å². The first-order chi connectivity index (χ1) is 12.7. The zero-order valence-corrected chi connectivity index (χ0v) is 15.3. The predicted octanol–water partition coefficient (Wildman–Crippen LogP) is 5.04. The molecule has 5 heteroatoms. The molecule has 3 aromatic carbocycles. The molecule has 0 aliphatic heterocycles. The van der Waals surface area contributed by atoms with Crippen LogP contribution in [0.4, 0.5) is 5.69 Å². The van der Waals surface area contributed by atoms with Crippen LogP contribution in [0.2, 0.25) is 5.02 Å². The lowest BCUT2D eigenvalue weighted by Crippen LogP contribution is -2.21. The Kier molecular flexibility index (Phi) is 6.36. The SMILES string of the molecule is COc1cccc(COc2ccc(Cl)cc2CNNc2ccccc2)c1. The van der Waals surface area contributed by atoms with Crippen LogP contribution in [0.5, 0.6) is 11.5 Å². The number of para-hydroxylation sites is 1. The Hall–Kier alpha value is -2.69. The summed E-state index contributed by atoms with van der Waals surface area (Å²) in [5.41, 5.74) is 9.37. The maximum absolute atomic E-state index is 6.15. The normalized spacial score (nSPS) is 10.4. The lowest BCUT2D eigenvalue weighted by Gasteiger charge is -2.14. The second-order valence-electron chi connectivity index (χ2n) is 5.74. The highest BCUT2D eigenvalue weighted by atomic mass is 35.5. The van der Waals surface area contributed by atoms with Gasteiger partial charge in [-0.15, -0.1) is 0 Å². The molecule has 26 heavy (non-hydrogen) atoms. The van der Waals surface area contributed by atoms with Crippen molar-refractivity contribution in [2.24, 2.45) is 0 Å². The molecule has 0 spiro atoms. The lowest BCUT2D eigenvalue weighted by atomic mass is 10.2. The number of halogens is 1. The van der Waals surface area contributed by atoms with E-state index in [-0.39, 0.29) is 0 Å². The van der Waals surface area contributed by atoms with Crippen LogP contribution in [0, 0.1) is 0 Å². The Morgan fingerprint density at radius 3 is 2.58 bits per heavy atom. The Labute approximate surface area is 158 Å². The number of anilines is 1. The molecule has 3 aromatic rings. The summed E-state index contributed by atoms with van der Waals surface area (Å²) in [6.45, 7) is 1.03. The average Bonchev–Trinajstić information content (AvgIpc) is 2.68. The molecule has 0 aliphatic rings. The van der Waals surface area contributed by atoms with Gasteiger partial charge in [-0.3, -0.25) is 0 Å². The minimum absolute atomic E-state index is 0.456. The number of rotatable bonds is 8. The van der Waals surface area contributed by atoms with Gasteiger partial charge in [0.05, 0.1) is 7.11 Å². The fourth-order valence-electron chi connectivity index (χ4n) is 2.51. The molecule has 2 N–H and O–H groups in total. The summed E-state index contributed by atoms with van der Waals surface area (Å²) in [6.07, 6.45) is 0.